The fraction of sp³-hybridized carbons (Fsp3) is 0.333. The zero-order valence-electron chi connectivity index (χ0n) is 12.1. The number of aromatic nitrogens is 2. The lowest BCUT2D eigenvalue weighted by atomic mass is 10.2. The number of aryl methyl sites for hydroxylation is 1. The van der Waals surface area contributed by atoms with Gasteiger partial charge >= 0.3 is 6.03 Å². The Kier molecular flexibility index (Phi) is 3.51. The Balaban J connectivity index is 1.62. The molecular formula is C15H19N5O. The minimum Gasteiger partial charge on any atom is -0.399 e. The third-order valence-electron chi connectivity index (χ3n) is 3.73. The van der Waals surface area contributed by atoms with Crippen LogP contribution in [0.3, 0.4) is 0 Å². The number of amides is 2. The molecule has 1 fully saturated rings. The third-order valence-corrected chi connectivity index (χ3v) is 3.73. The molecule has 2 amide bonds. The van der Waals surface area contributed by atoms with Crippen molar-refractivity contribution in [2.24, 2.45) is 7.05 Å². The van der Waals surface area contributed by atoms with E-state index in [0.717, 1.165) is 37.3 Å². The molecule has 0 aliphatic carbocycles. The Morgan fingerprint density at radius 3 is 2.67 bits per heavy atom. The van der Waals surface area contributed by atoms with E-state index in [2.05, 4.69) is 5.10 Å². The van der Waals surface area contributed by atoms with E-state index in [1.54, 1.807) is 9.58 Å². The van der Waals surface area contributed by atoms with E-state index >= 15 is 0 Å². The molecular weight excluding hydrogens is 266 g/mol. The second-order valence-electron chi connectivity index (χ2n) is 5.29. The molecule has 0 unspecified atom stereocenters. The van der Waals surface area contributed by atoms with Gasteiger partial charge in [-0.05, 0) is 36.2 Å². The number of benzene rings is 1. The maximum Gasteiger partial charge on any atom is 0.324 e. The number of nitrogen functional groups attached to an aromatic ring is 1. The largest absolute Gasteiger partial charge is 0.399 e. The van der Waals surface area contributed by atoms with Crippen LogP contribution in [0.4, 0.5) is 16.2 Å². The molecule has 110 valence electrons. The second kappa shape index (κ2) is 5.47. The molecule has 1 aliphatic rings. The average molecular weight is 285 g/mol. The molecule has 1 aliphatic heterocycles. The fourth-order valence-corrected chi connectivity index (χ4v) is 2.55. The first-order valence-electron chi connectivity index (χ1n) is 7.03. The van der Waals surface area contributed by atoms with Gasteiger partial charge in [-0.15, -0.1) is 0 Å². The van der Waals surface area contributed by atoms with E-state index < -0.39 is 0 Å². The molecule has 6 nitrogen and oxygen atoms in total. The highest BCUT2D eigenvalue weighted by Gasteiger charge is 2.29. The van der Waals surface area contributed by atoms with Gasteiger partial charge in [-0.25, -0.2) is 4.79 Å². The van der Waals surface area contributed by atoms with Gasteiger partial charge in [0.15, 0.2) is 0 Å². The summed E-state index contributed by atoms with van der Waals surface area (Å²) in [6.45, 7) is 2.19. The van der Waals surface area contributed by atoms with Crippen LogP contribution in [0.5, 0.6) is 0 Å². The van der Waals surface area contributed by atoms with Crippen LogP contribution >= 0.6 is 0 Å². The number of hydrogen-bond acceptors (Lipinski definition) is 3. The molecule has 1 saturated heterocycles. The summed E-state index contributed by atoms with van der Waals surface area (Å²) in [5.41, 5.74) is 8.44. The Bertz CT molecular complexity index is 634. The van der Waals surface area contributed by atoms with E-state index in [9.17, 15) is 4.79 Å². The third kappa shape index (κ3) is 2.84. The number of anilines is 2. The molecule has 3 rings (SSSR count). The van der Waals surface area contributed by atoms with Crippen molar-refractivity contribution in [3.63, 3.8) is 0 Å². The van der Waals surface area contributed by atoms with Crippen LogP contribution in [0, 0.1) is 0 Å². The first-order chi connectivity index (χ1) is 10.1. The predicted octanol–water partition coefficient (Wildman–Crippen LogP) is 1.49. The predicted molar refractivity (Wildman–Crippen MR) is 82.1 cm³/mol. The quantitative estimate of drug-likeness (QED) is 0.865. The minimum atomic E-state index is 0.0589. The molecule has 2 aromatic rings. The zero-order chi connectivity index (χ0) is 14.8. The first-order valence-corrected chi connectivity index (χ1v) is 7.03. The lowest BCUT2D eigenvalue weighted by Crippen LogP contribution is -2.33. The summed E-state index contributed by atoms with van der Waals surface area (Å²) in [6, 6.07) is 7.47. The van der Waals surface area contributed by atoms with Crippen molar-refractivity contribution < 1.29 is 4.79 Å². The Morgan fingerprint density at radius 1 is 1.24 bits per heavy atom. The highest BCUT2D eigenvalue weighted by Crippen LogP contribution is 2.21. The second-order valence-corrected chi connectivity index (χ2v) is 5.29. The van der Waals surface area contributed by atoms with Crippen LogP contribution in [0.25, 0.3) is 0 Å². The monoisotopic (exact) mass is 285 g/mol. The van der Waals surface area contributed by atoms with E-state index in [4.69, 9.17) is 5.73 Å². The zero-order valence-corrected chi connectivity index (χ0v) is 12.1. The van der Waals surface area contributed by atoms with E-state index in [1.807, 2.05) is 48.6 Å². The van der Waals surface area contributed by atoms with Crippen LogP contribution < -0.4 is 10.6 Å². The van der Waals surface area contributed by atoms with Crippen LogP contribution in [-0.4, -0.2) is 40.3 Å². The van der Waals surface area contributed by atoms with Crippen LogP contribution in [-0.2, 0) is 13.5 Å². The topological polar surface area (TPSA) is 67.4 Å². The fourth-order valence-electron chi connectivity index (χ4n) is 2.55. The Hall–Kier alpha value is -2.50. The van der Waals surface area contributed by atoms with E-state index in [0.29, 0.717) is 5.69 Å². The molecule has 1 aromatic carbocycles. The van der Waals surface area contributed by atoms with Gasteiger partial charge in [0.2, 0.25) is 0 Å². The molecule has 2 N–H and O–H groups in total. The summed E-state index contributed by atoms with van der Waals surface area (Å²) in [7, 11) is 1.90. The highest BCUT2D eigenvalue weighted by molar-refractivity contribution is 5.94. The first kappa shape index (κ1) is 13.5. The maximum absolute atomic E-state index is 12.4. The normalized spacial score (nSPS) is 15.0. The molecule has 2 heterocycles. The van der Waals surface area contributed by atoms with Gasteiger partial charge in [0.1, 0.15) is 0 Å². The lowest BCUT2D eigenvalue weighted by Gasteiger charge is -2.18. The molecule has 21 heavy (non-hydrogen) atoms. The van der Waals surface area contributed by atoms with Gasteiger partial charge in [-0.1, -0.05) is 0 Å². The van der Waals surface area contributed by atoms with Crippen molar-refractivity contribution in [2.75, 3.05) is 30.3 Å². The summed E-state index contributed by atoms with van der Waals surface area (Å²) in [6.07, 6.45) is 4.66. The standard InChI is InChI=1S/C15H19N5O/c1-18-11-12(10-17-18)6-7-19-8-9-20(15(19)21)14-4-2-13(16)3-5-14/h2-5,10-11H,6-9,16H2,1H3. The number of carbonyl (C=O) groups is 1. The molecule has 0 bridgehead atoms. The summed E-state index contributed by atoms with van der Waals surface area (Å²) in [5.74, 6) is 0. The minimum absolute atomic E-state index is 0.0589. The summed E-state index contributed by atoms with van der Waals surface area (Å²) in [4.78, 5) is 16.1. The van der Waals surface area contributed by atoms with Crippen LogP contribution in [0.15, 0.2) is 36.7 Å². The number of carbonyl (C=O) groups excluding carboxylic acids is 1. The van der Waals surface area contributed by atoms with Gasteiger partial charge in [-0.2, -0.15) is 5.10 Å². The van der Waals surface area contributed by atoms with Gasteiger partial charge in [0.05, 0.1) is 6.20 Å². The number of nitrogens with two attached hydrogens (primary N) is 1. The van der Waals surface area contributed by atoms with Gasteiger partial charge in [0.25, 0.3) is 0 Å². The van der Waals surface area contributed by atoms with Gasteiger partial charge < -0.3 is 10.6 Å². The average Bonchev–Trinajstić information content (AvgIpc) is 3.04. The molecule has 6 heteroatoms. The summed E-state index contributed by atoms with van der Waals surface area (Å²) >= 11 is 0. The molecule has 0 atom stereocenters. The van der Waals surface area contributed by atoms with Crippen molar-refractivity contribution in [3.8, 4) is 0 Å². The number of rotatable bonds is 4. The summed E-state index contributed by atoms with van der Waals surface area (Å²) < 4.78 is 1.78. The van der Waals surface area contributed by atoms with Crippen LogP contribution in [0.2, 0.25) is 0 Å². The Labute approximate surface area is 123 Å². The van der Waals surface area contributed by atoms with Gasteiger partial charge in [-0.3, -0.25) is 9.58 Å². The highest BCUT2D eigenvalue weighted by atomic mass is 16.2. The van der Waals surface area contributed by atoms with E-state index in [-0.39, 0.29) is 6.03 Å². The van der Waals surface area contributed by atoms with Crippen molar-refractivity contribution in [3.05, 3.63) is 42.2 Å². The molecule has 1 aromatic heterocycles. The SMILES string of the molecule is Cn1cc(CCN2CCN(c3ccc(N)cc3)C2=O)cn1. The summed E-state index contributed by atoms with van der Waals surface area (Å²) in [5, 5.41) is 4.14. The molecule has 0 spiro atoms. The van der Waals surface area contributed by atoms with Crippen molar-refractivity contribution in [2.45, 2.75) is 6.42 Å². The van der Waals surface area contributed by atoms with Crippen molar-refractivity contribution in [1.29, 1.82) is 0 Å². The van der Waals surface area contributed by atoms with Crippen molar-refractivity contribution in [1.82, 2.24) is 14.7 Å². The maximum atomic E-state index is 12.4. The van der Waals surface area contributed by atoms with E-state index in [1.165, 1.54) is 0 Å². The smallest absolute Gasteiger partial charge is 0.324 e. The Morgan fingerprint density at radius 2 is 2.00 bits per heavy atom. The molecule has 0 radical (unpaired) electrons. The van der Waals surface area contributed by atoms with Gasteiger partial charge in [0, 0.05) is 44.3 Å². The van der Waals surface area contributed by atoms with Crippen molar-refractivity contribution >= 4 is 17.4 Å². The van der Waals surface area contributed by atoms with Crippen LogP contribution in [0.1, 0.15) is 5.56 Å². The lowest BCUT2D eigenvalue weighted by molar-refractivity contribution is 0.221. The number of hydrogen-bond donors (Lipinski definition) is 1. The molecule has 0 saturated carbocycles. The number of nitrogens with zero attached hydrogens (tertiary/aromatic N) is 4. The number of urea groups is 1.